The third-order valence-electron chi connectivity index (χ3n) is 3.10. The second kappa shape index (κ2) is 4.99. The van der Waals surface area contributed by atoms with Crippen LogP contribution < -0.4 is 0 Å². The molecule has 1 atom stereocenters. The molecule has 0 saturated heterocycles. The minimum Gasteiger partial charge on any atom is -0.508 e. The summed E-state index contributed by atoms with van der Waals surface area (Å²) >= 11 is 1.55. The molecule has 3 rings (SSSR count). The molecule has 0 radical (unpaired) electrons. The zero-order valence-electron chi connectivity index (χ0n) is 10.2. The Kier molecular flexibility index (Phi) is 3.19. The molecule has 4 heteroatoms. The standard InChI is InChI=1S/C15H13NO2S/c17-9-11(10-5-1-3-7-13(10)18)15-16-12-6-2-4-8-14(12)19-15/h1-8,11,17-18H,9H2. The van der Waals surface area contributed by atoms with Crippen LogP contribution in [0.25, 0.3) is 10.2 Å². The summed E-state index contributed by atoms with van der Waals surface area (Å²) in [5, 5.41) is 20.4. The molecular weight excluding hydrogens is 258 g/mol. The van der Waals surface area contributed by atoms with E-state index >= 15 is 0 Å². The Balaban J connectivity index is 2.09. The Hall–Kier alpha value is -1.91. The molecule has 0 bridgehead atoms. The van der Waals surface area contributed by atoms with Crippen molar-refractivity contribution in [3.63, 3.8) is 0 Å². The molecule has 1 aromatic heterocycles. The van der Waals surface area contributed by atoms with Gasteiger partial charge in [-0.25, -0.2) is 4.98 Å². The van der Waals surface area contributed by atoms with Gasteiger partial charge in [0.1, 0.15) is 10.8 Å². The van der Waals surface area contributed by atoms with Crippen LogP contribution in [0.4, 0.5) is 0 Å². The Labute approximate surface area is 114 Å². The molecule has 1 unspecified atom stereocenters. The van der Waals surface area contributed by atoms with Crippen molar-refractivity contribution < 1.29 is 10.2 Å². The Morgan fingerprint density at radius 1 is 1.05 bits per heavy atom. The summed E-state index contributed by atoms with van der Waals surface area (Å²) in [4.78, 5) is 4.55. The van der Waals surface area contributed by atoms with Crippen LogP contribution in [0.3, 0.4) is 0 Å². The maximum atomic E-state index is 9.91. The zero-order valence-corrected chi connectivity index (χ0v) is 11.0. The van der Waals surface area contributed by atoms with Gasteiger partial charge in [-0.1, -0.05) is 30.3 Å². The maximum absolute atomic E-state index is 9.91. The van der Waals surface area contributed by atoms with E-state index in [0.29, 0.717) is 5.56 Å². The summed E-state index contributed by atoms with van der Waals surface area (Å²) in [5.74, 6) is -0.0839. The predicted octanol–water partition coefficient (Wildman–Crippen LogP) is 3.13. The first kappa shape index (κ1) is 12.1. The Bertz CT molecular complexity index is 675. The van der Waals surface area contributed by atoms with E-state index in [1.165, 1.54) is 0 Å². The minimum atomic E-state index is -0.279. The van der Waals surface area contributed by atoms with Crippen molar-refractivity contribution in [2.24, 2.45) is 0 Å². The normalized spacial score (nSPS) is 12.7. The number of hydrogen-bond acceptors (Lipinski definition) is 4. The molecular formula is C15H13NO2S. The van der Waals surface area contributed by atoms with Gasteiger partial charge < -0.3 is 10.2 Å². The summed E-state index contributed by atoms with van der Waals surface area (Å²) in [5.41, 5.74) is 1.64. The lowest BCUT2D eigenvalue weighted by molar-refractivity contribution is 0.278. The number of hydrogen-bond donors (Lipinski definition) is 2. The third kappa shape index (κ3) is 2.20. The highest BCUT2D eigenvalue weighted by molar-refractivity contribution is 7.18. The third-order valence-corrected chi connectivity index (χ3v) is 4.25. The SMILES string of the molecule is OCC(c1nc2ccccc2s1)c1ccccc1O. The molecule has 0 aliphatic rings. The summed E-state index contributed by atoms with van der Waals surface area (Å²) < 4.78 is 1.09. The lowest BCUT2D eigenvalue weighted by Gasteiger charge is -2.12. The number of phenols is 1. The molecule has 2 aromatic carbocycles. The van der Waals surface area contributed by atoms with Gasteiger partial charge in [0.05, 0.1) is 22.7 Å². The van der Waals surface area contributed by atoms with Crippen molar-refractivity contribution in [3.05, 3.63) is 59.1 Å². The van der Waals surface area contributed by atoms with E-state index in [2.05, 4.69) is 4.98 Å². The summed E-state index contributed by atoms with van der Waals surface area (Å²) in [6.07, 6.45) is 0. The van der Waals surface area contributed by atoms with E-state index in [-0.39, 0.29) is 18.3 Å². The number of nitrogens with zero attached hydrogens (tertiary/aromatic N) is 1. The highest BCUT2D eigenvalue weighted by Crippen LogP contribution is 2.34. The number of fused-ring (bicyclic) bond motifs is 1. The first-order valence-corrected chi connectivity index (χ1v) is 6.85. The molecule has 3 nitrogen and oxygen atoms in total. The van der Waals surface area contributed by atoms with Gasteiger partial charge in [0.25, 0.3) is 0 Å². The van der Waals surface area contributed by atoms with Gasteiger partial charge in [0.2, 0.25) is 0 Å². The van der Waals surface area contributed by atoms with Crippen molar-refractivity contribution in [2.75, 3.05) is 6.61 Å². The smallest absolute Gasteiger partial charge is 0.119 e. The number of aliphatic hydroxyl groups is 1. The second-order valence-electron chi connectivity index (χ2n) is 4.31. The van der Waals surface area contributed by atoms with E-state index in [0.717, 1.165) is 15.2 Å². The molecule has 0 aliphatic carbocycles. The van der Waals surface area contributed by atoms with Crippen molar-refractivity contribution in [1.82, 2.24) is 4.98 Å². The predicted molar refractivity (Wildman–Crippen MR) is 76.7 cm³/mol. The Morgan fingerprint density at radius 2 is 1.79 bits per heavy atom. The highest BCUT2D eigenvalue weighted by atomic mass is 32.1. The molecule has 0 amide bonds. The average molecular weight is 271 g/mol. The van der Waals surface area contributed by atoms with E-state index in [1.54, 1.807) is 23.5 Å². The van der Waals surface area contributed by atoms with Crippen LogP contribution in [0, 0.1) is 0 Å². The van der Waals surface area contributed by atoms with Crippen molar-refractivity contribution in [2.45, 2.75) is 5.92 Å². The average Bonchev–Trinajstić information content (AvgIpc) is 2.85. The Morgan fingerprint density at radius 3 is 2.53 bits per heavy atom. The van der Waals surface area contributed by atoms with Crippen LogP contribution in [-0.2, 0) is 0 Å². The number of aromatic hydroxyl groups is 1. The van der Waals surface area contributed by atoms with E-state index in [1.807, 2.05) is 36.4 Å². The van der Waals surface area contributed by atoms with Crippen molar-refractivity contribution in [1.29, 1.82) is 0 Å². The number of rotatable bonds is 3. The largest absolute Gasteiger partial charge is 0.508 e. The number of aliphatic hydroxyl groups excluding tert-OH is 1. The highest BCUT2D eigenvalue weighted by Gasteiger charge is 2.20. The monoisotopic (exact) mass is 271 g/mol. The van der Waals surface area contributed by atoms with Crippen LogP contribution in [0.2, 0.25) is 0 Å². The summed E-state index contributed by atoms with van der Waals surface area (Å²) in [6.45, 7) is -0.0720. The van der Waals surface area contributed by atoms with Crippen LogP contribution >= 0.6 is 11.3 Å². The van der Waals surface area contributed by atoms with Crippen LogP contribution in [0.1, 0.15) is 16.5 Å². The van der Waals surface area contributed by atoms with E-state index in [4.69, 9.17) is 0 Å². The van der Waals surface area contributed by atoms with Gasteiger partial charge in [-0.2, -0.15) is 0 Å². The fourth-order valence-electron chi connectivity index (χ4n) is 2.13. The maximum Gasteiger partial charge on any atom is 0.119 e. The number of aromatic nitrogens is 1. The molecule has 0 fully saturated rings. The summed E-state index contributed by atoms with van der Waals surface area (Å²) in [7, 11) is 0. The number of phenolic OH excluding ortho intramolecular Hbond substituents is 1. The molecule has 3 aromatic rings. The quantitative estimate of drug-likeness (QED) is 0.769. The van der Waals surface area contributed by atoms with Crippen molar-refractivity contribution in [3.8, 4) is 5.75 Å². The van der Waals surface area contributed by atoms with Gasteiger partial charge in [-0.3, -0.25) is 0 Å². The first-order chi connectivity index (χ1) is 9.29. The van der Waals surface area contributed by atoms with Gasteiger partial charge in [-0.15, -0.1) is 11.3 Å². The molecule has 2 N–H and O–H groups in total. The van der Waals surface area contributed by atoms with Gasteiger partial charge in [-0.05, 0) is 18.2 Å². The van der Waals surface area contributed by atoms with Gasteiger partial charge in [0, 0.05) is 5.56 Å². The first-order valence-electron chi connectivity index (χ1n) is 6.04. The fraction of sp³-hybridized carbons (Fsp3) is 0.133. The molecule has 1 heterocycles. The molecule has 0 aliphatic heterocycles. The lowest BCUT2D eigenvalue weighted by atomic mass is 10.00. The van der Waals surface area contributed by atoms with E-state index < -0.39 is 0 Å². The van der Waals surface area contributed by atoms with Crippen LogP contribution in [0.15, 0.2) is 48.5 Å². The molecule has 0 saturated carbocycles. The molecule has 96 valence electrons. The fourth-order valence-corrected chi connectivity index (χ4v) is 3.21. The lowest BCUT2D eigenvalue weighted by Crippen LogP contribution is -2.05. The van der Waals surface area contributed by atoms with Crippen molar-refractivity contribution >= 4 is 21.6 Å². The second-order valence-corrected chi connectivity index (χ2v) is 5.38. The number of thiazole rings is 1. The zero-order chi connectivity index (χ0) is 13.2. The number of para-hydroxylation sites is 2. The van der Waals surface area contributed by atoms with Crippen LogP contribution in [0.5, 0.6) is 5.75 Å². The van der Waals surface area contributed by atoms with E-state index in [9.17, 15) is 10.2 Å². The minimum absolute atomic E-state index is 0.0720. The molecule has 19 heavy (non-hydrogen) atoms. The van der Waals surface area contributed by atoms with Gasteiger partial charge >= 0.3 is 0 Å². The topological polar surface area (TPSA) is 53.4 Å². The number of benzene rings is 2. The molecule has 0 spiro atoms. The summed E-state index contributed by atoms with van der Waals surface area (Å²) in [6, 6.07) is 15.0. The van der Waals surface area contributed by atoms with Gasteiger partial charge in [0.15, 0.2) is 0 Å². The van der Waals surface area contributed by atoms with Crippen LogP contribution in [-0.4, -0.2) is 21.8 Å².